The molecule has 1 amide bonds. The average molecular weight is 424 g/mol. The highest BCUT2D eigenvalue weighted by molar-refractivity contribution is 6.46. The van der Waals surface area contributed by atoms with Gasteiger partial charge in [0.05, 0.1) is 25.3 Å². The molecule has 2 aromatic rings. The molecule has 2 aromatic carbocycles. The summed E-state index contributed by atoms with van der Waals surface area (Å²) < 4.78 is 11.2. The van der Waals surface area contributed by atoms with Gasteiger partial charge in [-0.1, -0.05) is 50.6 Å². The number of unbranched alkanes of at least 4 members (excludes halogenated alkanes) is 1. The van der Waals surface area contributed by atoms with Gasteiger partial charge in [0.15, 0.2) is 0 Å². The Labute approximate surface area is 183 Å². The molecule has 6 heteroatoms. The van der Waals surface area contributed by atoms with Crippen molar-refractivity contribution in [2.75, 3.05) is 20.3 Å². The van der Waals surface area contributed by atoms with Crippen molar-refractivity contribution in [2.45, 2.75) is 39.2 Å². The maximum absolute atomic E-state index is 13.1. The second kappa shape index (κ2) is 10.2. The number of carbonyl (C=O) groups excluding carboxylic acids is 2. The Bertz CT molecular complexity index is 981. The summed E-state index contributed by atoms with van der Waals surface area (Å²) in [5.41, 5.74) is 1.17. The predicted molar refractivity (Wildman–Crippen MR) is 119 cm³/mol. The summed E-state index contributed by atoms with van der Waals surface area (Å²) in [6.07, 6.45) is 2.48. The van der Waals surface area contributed by atoms with E-state index in [0.29, 0.717) is 35.8 Å². The molecular formula is C25H29NO5. The van der Waals surface area contributed by atoms with Crippen LogP contribution in [-0.2, 0) is 9.59 Å². The number of rotatable bonds is 9. The van der Waals surface area contributed by atoms with Crippen LogP contribution in [0.4, 0.5) is 0 Å². The number of benzene rings is 2. The lowest BCUT2D eigenvalue weighted by molar-refractivity contribution is -0.139. The van der Waals surface area contributed by atoms with Gasteiger partial charge < -0.3 is 19.5 Å². The molecule has 0 aromatic heterocycles. The standard InChI is InChI=1S/C25H29NO5/c1-4-6-14-26-22(19-12-7-8-13-20(19)30-3)21(24(28)25(26)29)23(27)17-10-9-11-18(16-17)31-15-5-2/h7-13,16,22,27H,4-6,14-15H2,1-3H3/b23-21-. The second-order valence-corrected chi connectivity index (χ2v) is 7.46. The Morgan fingerprint density at radius 2 is 1.84 bits per heavy atom. The number of aliphatic hydroxyl groups is 1. The zero-order valence-corrected chi connectivity index (χ0v) is 18.3. The molecule has 0 spiro atoms. The van der Waals surface area contributed by atoms with Gasteiger partial charge in [-0.3, -0.25) is 9.59 Å². The van der Waals surface area contributed by atoms with Gasteiger partial charge in [0.25, 0.3) is 11.7 Å². The topological polar surface area (TPSA) is 76.1 Å². The van der Waals surface area contributed by atoms with Gasteiger partial charge in [-0.15, -0.1) is 0 Å². The molecule has 1 aliphatic rings. The number of carbonyl (C=O) groups is 2. The molecule has 0 radical (unpaired) electrons. The second-order valence-electron chi connectivity index (χ2n) is 7.46. The summed E-state index contributed by atoms with van der Waals surface area (Å²) in [4.78, 5) is 27.5. The van der Waals surface area contributed by atoms with E-state index in [2.05, 4.69) is 0 Å². The van der Waals surface area contributed by atoms with Crippen LogP contribution in [0.25, 0.3) is 5.76 Å². The lowest BCUT2D eigenvalue weighted by Gasteiger charge is -2.26. The first-order chi connectivity index (χ1) is 15.0. The highest BCUT2D eigenvalue weighted by Crippen LogP contribution is 2.42. The van der Waals surface area contributed by atoms with E-state index in [4.69, 9.17) is 9.47 Å². The van der Waals surface area contributed by atoms with E-state index in [9.17, 15) is 14.7 Å². The molecule has 0 saturated carbocycles. The van der Waals surface area contributed by atoms with Crippen LogP contribution in [0.2, 0.25) is 0 Å². The molecule has 1 heterocycles. The summed E-state index contributed by atoms with van der Waals surface area (Å²) in [5, 5.41) is 11.2. The van der Waals surface area contributed by atoms with Gasteiger partial charge in [-0.2, -0.15) is 0 Å². The molecule has 1 N–H and O–H groups in total. The predicted octanol–water partition coefficient (Wildman–Crippen LogP) is 4.71. The van der Waals surface area contributed by atoms with Crippen molar-refractivity contribution in [3.63, 3.8) is 0 Å². The number of nitrogens with zero attached hydrogens (tertiary/aromatic N) is 1. The quantitative estimate of drug-likeness (QED) is 0.359. The summed E-state index contributed by atoms with van der Waals surface area (Å²) in [6, 6.07) is 13.5. The first-order valence-corrected chi connectivity index (χ1v) is 10.7. The third-order valence-electron chi connectivity index (χ3n) is 5.31. The van der Waals surface area contributed by atoms with E-state index < -0.39 is 17.7 Å². The summed E-state index contributed by atoms with van der Waals surface area (Å²) in [7, 11) is 1.55. The zero-order chi connectivity index (χ0) is 22.4. The van der Waals surface area contributed by atoms with Crippen LogP contribution in [0.1, 0.15) is 50.3 Å². The Balaban J connectivity index is 2.15. The minimum absolute atomic E-state index is 0.0678. The van der Waals surface area contributed by atoms with Crippen LogP contribution in [0.15, 0.2) is 54.1 Å². The minimum atomic E-state index is -0.720. The maximum Gasteiger partial charge on any atom is 0.295 e. The number of hydrogen-bond acceptors (Lipinski definition) is 5. The SMILES string of the molecule is CCCCN1C(=O)C(=O)/C(=C(\O)c2cccc(OCCC)c2)C1c1ccccc1OC. The van der Waals surface area contributed by atoms with Crippen LogP contribution in [0.3, 0.4) is 0 Å². The number of amides is 1. The van der Waals surface area contributed by atoms with Gasteiger partial charge in [0.1, 0.15) is 17.3 Å². The highest BCUT2D eigenvalue weighted by atomic mass is 16.5. The van der Waals surface area contributed by atoms with Crippen LogP contribution < -0.4 is 9.47 Å². The third-order valence-corrected chi connectivity index (χ3v) is 5.31. The number of ketones is 1. The van der Waals surface area contributed by atoms with Crippen molar-refractivity contribution in [1.29, 1.82) is 0 Å². The van der Waals surface area contributed by atoms with Crippen molar-refractivity contribution in [1.82, 2.24) is 4.90 Å². The molecule has 6 nitrogen and oxygen atoms in total. The van der Waals surface area contributed by atoms with Crippen LogP contribution in [0, 0.1) is 0 Å². The number of methoxy groups -OCH3 is 1. The van der Waals surface area contributed by atoms with E-state index in [1.54, 1.807) is 37.4 Å². The van der Waals surface area contributed by atoms with Gasteiger partial charge in [0.2, 0.25) is 0 Å². The van der Waals surface area contributed by atoms with Crippen LogP contribution in [0.5, 0.6) is 11.5 Å². The van der Waals surface area contributed by atoms with E-state index in [0.717, 1.165) is 19.3 Å². The van der Waals surface area contributed by atoms with E-state index >= 15 is 0 Å². The van der Waals surface area contributed by atoms with Crippen LogP contribution in [-0.4, -0.2) is 42.0 Å². The van der Waals surface area contributed by atoms with Crippen molar-refractivity contribution < 1.29 is 24.2 Å². The highest BCUT2D eigenvalue weighted by Gasteiger charge is 2.46. The monoisotopic (exact) mass is 423 g/mol. The number of aliphatic hydroxyl groups excluding tert-OH is 1. The van der Waals surface area contributed by atoms with Gasteiger partial charge in [-0.05, 0) is 31.0 Å². The van der Waals surface area contributed by atoms with Gasteiger partial charge >= 0.3 is 0 Å². The Hall–Kier alpha value is -3.28. The Morgan fingerprint density at radius 3 is 2.55 bits per heavy atom. The van der Waals surface area contributed by atoms with Crippen molar-refractivity contribution >= 4 is 17.4 Å². The van der Waals surface area contributed by atoms with Crippen LogP contribution >= 0.6 is 0 Å². The molecular weight excluding hydrogens is 394 g/mol. The van der Waals surface area contributed by atoms with Crippen molar-refractivity contribution in [3.05, 3.63) is 65.2 Å². The number of para-hydroxylation sites is 1. The zero-order valence-electron chi connectivity index (χ0n) is 18.3. The summed E-state index contributed by atoms with van der Waals surface area (Å²) in [5.74, 6) is -0.356. The molecule has 0 bridgehead atoms. The van der Waals surface area contributed by atoms with E-state index in [1.165, 1.54) is 4.90 Å². The molecule has 1 unspecified atom stereocenters. The average Bonchev–Trinajstić information content (AvgIpc) is 3.05. The lowest BCUT2D eigenvalue weighted by Crippen LogP contribution is -2.30. The van der Waals surface area contributed by atoms with E-state index in [1.807, 2.05) is 32.0 Å². The summed E-state index contributed by atoms with van der Waals surface area (Å²) >= 11 is 0. The first kappa shape index (κ1) is 22.4. The fourth-order valence-electron chi connectivity index (χ4n) is 3.76. The molecule has 1 aliphatic heterocycles. The van der Waals surface area contributed by atoms with Crippen molar-refractivity contribution in [3.8, 4) is 11.5 Å². The van der Waals surface area contributed by atoms with E-state index in [-0.39, 0.29) is 11.3 Å². The Morgan fingerprint density at radius 1 is 1.06 bits per heavy atom. The van der Waals surface area contributed by atoms with Crippen molar-refractivity contribution in [2.24, 2.45) is 0 Å². The molecule has 1 atom stereocenters. The maximum atomic E-state index is 13.1. The number of ether oxygens (including phenoxy) is 2. The lowest BCUT2D eigenvalue weighted by atomic mass is 9.94. The Kier molecular flexibility index (Phi) is 7.34. The number of Topliss-reactive ketones (excluding diaryl/α,β-unsaturated/α-hetero) is 1. The largest absolute Gasteiger partial charge is 0.507 e. The molecule has 3 rings (SSSR count). The smallest absolute Gasteiger partial charge is 0.295 e. The molecule has 0 aliphatic carbocycles. The third kappa shape index (κ3) is 4.58. The fraction of sp³-hybridized carbons (Fsp3) is 0.360. The number of hydrogen-bond donors (Lipinski definition) is 1. The molecule has 1 saturated heterocycles. The number of likely N-dealkylation sites (tertiary alicyclic amines) is 1. The molecule has 164 valence electrons. The summed E-state index contributed by atoms with van der Waals surface area (Å²) in [6.45, 7) is 5.00. The van der Waals surface area contributed by atoms with Gasteiger partial charge in [-0.25, -0.2) is 0 Å². The first-order valence-electron chi connectivity index (χ1n) is 10.7. The fourth-order valence-corrected chi connectivity index (χ4v) is 3.76. The normalized spacial score (nSPS) is 17.8. The molecule has 31 heavy (non-hydrogen) atoms. The minimum Gasteiger partial charge on any atom is -0.507 e. The molecule has 1 fully saturated rings. The van der Waals surface area contributed by atoms with Gasteiger partial charge in [0, 0.05) is 17.7 Å².